The number of hydrogen-bond acceptors (Lipinski definition) is 3. The fourth-order valence-electron chi connectivity index (χ4n) is 0.332. The molecule has 6 heteroatoms. The lowest BCUT2D eigenvalue weighted by Crippen LogP contribution is -2.35. The lowest BCUT2D eigenvalue weighted by atomic mass is 10.5. The first-order valence-electron chi connectivity index (χ1n) is 2.05. The minimum atomic E-state index is -1.53. The molecule has 0 aromatic heterocycles. The summed E-state index contributed by atoms with van der Waals surface area (Å²) in [6, 6.07) is 0. The Balaban J connectivity index is 2.75. The van der Waals surface area contributed by atoms with E-state index in [1.165, 1.54) is 10.8 Å². The largest absolute Gasteiger partial charge is 0.363 e. The third-order valence-corrected chi connectivity index (χ3v) is 5.91. The van der Waals surface area contributed by atoms with Crippen molar-refractivity contribution in [2.24, 2.45) is 0 Å². The van der Waals surface area contributed by atoms with Crippen LogP contribution in [0.4, 0.5) is 0 Å². The van der Waals surface area contributed by atoms with E-state index in [9.17, 15) is 0 Å². The first kappa shape index (κ1) is 8.62. The van der Waals surface area contributed by atoms with Gasteiger partial charge in [-0.3, -0.25) is 0 Å². The maximum atomic E-state index is 9.17. The van der Waals surface area contributed by atoms with Gasteiger partial charge in [-0.05, 0) is 10.8 Å². The zero-order valence-electron chi connectivity index (χ0n) is 4.10. The molecule has 1 heterocycles. The second-order valence-corrected chi connectivity index (χ2v) is 6.36. The van der Waals surface area contributed by atoms with E-state index >= 15 is 0 Å². The van der Waals surface area contributed by atoms with E-state index in [1.54, 1.807) is 0 Å². The average molecular weight is 226 g/mol. The molecular formula is C3H3Cl3OS2. The molecule has 0 amide bonds. The third kappa shape index (κ3) is 1.57. The SMILES string of the molecule is OC1(Cl)SSCC1(Cl)Cl. The van der Waals surface area contributed by atoms with Gasteiger partial charge in [0, 0.05) is 5.75 Å². The summed E-state index contributed by atoms with van der Waals surface area (Å²) in [4.78, 5) is 0. The maximum absolute atomic E-state index is 9.17. The van der Waals surface area contributed by atoms with Crippen LogP contribution < -0.4 is 0 Å². The first-order valence-corrected chi connectivity index (χ1v) is 5.51. The van der Waals surface area contributed by atoms with Crippen LogP contribution in [0.3, 0.4) is 0 Å². The highest BCUT2D eigenvalue weighted by molar-refractivity contribution is 8.78. The molecule has 9 heavy (non-hydrogen) atoms. The Kier molecular flexibility index (Phi) is 2.43. The van der Waals surface area contributed by atoms with E-state index in [-0.39, 0.29) is 0 Å². The van der Waals surface area contributed by atoms with Crippen molar-refractivity contribution in [3.05, 3.63) is 0 Å². The minimum absolute atomic E-state index is 0.445. The summed E-state index contributed by atoms with van der Waals surface area (Å²) in [5.74, 6) is 0.445. The number of hydrogen-bond donors (Lipinski definition) is 1. The zero-order chi connectivity index (χ0) is 7.12. The molecule has 0 bridgehead atoms. The molecule has 0 aromatic carbocycles. The number of aliphatic hydroxyl groups is 1. The molecule has 1 nitrogen and oxygen atoms in total. The summed E-state index contributed by atoms with van der Waals surface area (Å²) >= 11 is 16.7. The van der Waals surface area contributed by atoms with E-state index in [0.29, 0.717) is 5.75 Å². The Bertz CT molecular complexity index is 112. The van der Waals surface area contributed by atoms with Crippen LogP contribution >= 0.6 is 56.4 Å². The standard InChI is InChI=1S/C3H3Cl3OS2/c4-2(5)1-8-9-3(2,6)7/h7H,1H2. The van der Waals surface area contributed by atoms with Gasteiger partial charge in [-0.2, -0.15) is 0 Å². The highest BCUT2D eigenvalue weighted by Gasteiger charge is 2.53. The highest BCUT2D eigenvalue weighted by Crippen LogP contribution is 2.58. The molecule has 1 fully saturated rings. The van der Waals surface area contributed by atoms with Crippen molar-refractivity contribution in [1.82, 2.24) is 0 Å². The monoisotopic (exact) mass is 224 g/mol. The van der Waals surface area contributed by atoms with Gasteiger partial charge < -0.3 is 5.11 Å². The molecule has 54 valence electrons. The fourth-order valence-corrected chi connectivity index (χ4v) is 4.56. The van der Waals surface area contributed by atoms with Crippen LogP contribution in [0.15, 0.2) is 0 Å². The summed E-state index contributed by atoms with van der Waals surface area (Å²) < 4.78 is -2.75. The van der Waals surface area contributed by atoms with Crippen LogP contribution in [-0.2, 0) is 0 Å². The topological polar surface area (TPSA) is 20.2 Å². The van der Waals surface area contributed by atoms with Crippen LogP contribution in [0.5, 0.6) is 0 Å². The van der Waals surface area contributed by atoms with Gasteiger partial charge in [0.1, 0.15) is 0 Å². The number of halogens is 3. The van der Waals surface area contributed by atoms with Crippen molar-refractivity contribution in [1.29, 1.82) is 0 Å². The Morgan fingerprint density at radius 3 is 2.00 bits per heavy atom. The molecule has 1 unspecified atom stereocenters. The molecule has 1 rings (SSSR count). The molecule has 1 N–H and O–H groups in total. The molecule has 1 atom stereocenters. The van der Waals surface area contributed by atoms with Gasteiger partial charge in [0.2, 0.25) is 4.39 Å². The maximum Gasteiger partial charge on any atom is 0.230 e. The molecule has 0 aliphatic carbocycles. The molecule has 0 radical (unpaired) electrons. The van der Waals surface area contributed by atoms with Gasteiger partial charge in [0.15, 0.2) is 4.33 Å². The van der Waals surface area contributed by atoms with Crippen molar-refractivity contribution < 1.29 is 5.11 Å². The minimum Gasteiger partial charge on any atom is -0.363 e. The molecular weight excluding hydrogens is 223 g/mol. The number of rotatable bonds is 0. The molecule has 1 aliphatic heterocycles. The average Bonchev–Trinajstić information content (AvgIpc) is 1.81. The molecule has 0 saturated carbocycles. The van der Waals surface area contributed by atoms with Gasteiger partial charge in [-0.25, -0.2) is 0 Å². The quantitative estimate of drug-likeness (QED) is 0.505. The van der Waals surface area contributed by atoms with E-state index < -0.39 is 8.73 Å². The molecule has 0 spiro atoms. The Hall–Kier alpha value is 1.53. The van der Waals surface area contributed by atoms with Crippen molar-refractivity contribution in [3.63, 3.8) is 0 Å². The summed E-state index contributed by atoms with van der Waals surface area (Å²) in [5, 5.41) is 9.17. The summed E-state index contributed by atoms with van der Waals surface area (Å²) in [6.07, 6.45) is 0. The van der Waals surface area contributed by atoms with Crippen LogP contribution in [-0.4, -0.2) is 19.6 Å². The Morgan fingerprint density at radius 1 is 1.33 bits per heavy atom. The van der Waals surface area contributed by atoms with Gasteiger partial charge >= 0.3 is 0 Å². The van der Waals surface area contributed by atoms with Crippen LogP contribution in [0.2, 0.25) is 0 Å². The smallest absolute Gasteiger partial charge is 0.230 e. The molecule has 1 saturated heterocycles. The van der Waals surface area contributed by atoms with Gasteiger partial charge in [-0.1, -0.05) is 45.6 Å². The van der Waals surface area contributed by atoms with E-state index in [1.807, 2.05) is 0 Å². The van der Waals surface area contributed by atoms with Gasteiger partial charge in [0.25, 0.3) is 0 Å². The molecule has 0 aromatic rings. The van der Waals surface area contributed by atoms with Gasteiger partial charge in [0.05, 0.1) is 0 Å². The van der Waals surface area contributed by atoms with Crippen molar-refractivity contribution in [2.75, 3.05) is 5.75 Å². The third-order valence-electron chi connectivity index (χ3n) is 0.861. The normalized spacial score (nSPS) is 41.3. The Morgan fingerprint density at radius 2 is 1.89 bits per heavy atom. The lowest BCUT2D eigenvalue weighted by Gasteiger charge is -2.22. The van der Waals surface area contributed by atoms with Crippen molar-refractivity contribution in [3.8, 4) is 0 Å². The predicted molar refractivity (Wildman–Crippen MR) is 45.3 cm³/mol. The van der Waals surface area contributed by atoms with Crippen molar-refractivity contribution >= 4 is 56.4 Å². The second-order valence-electron chi connectivity index (χ2n) is 1.61. The van der Waals surface area contributed by atoms with Crippen LogP contribution in [0.1, 0.15) is 0 Å². The predicted octanol–water partition coefficient (Wildman–Crippen LogP) is 2.44. The van der Waals surface area contributed by atoms with Crippen molar-refractivity contribution in [2.45, 2.75) is 8.73 Å². The summed E-state index contributed by atoms with van der Waals surface area (Å²) in [7, 11) is 2.44. The lowest BCUT2D eigenvalue weighted by molar-refractivity contribution is 0.214. The fraction of sp³-hybridized carbons (Fsp3) is 1.00. The molecule has 1 aliphatic rings. The van der Waals surface area contributed by atoms with E-state index in [2.05, 4.69) is 0 Å². The van der Waals surface area contributed by atoms with E-state index in [0.717, 1.165) is 10.8 Å². The van der Waals surface area contributed by atoms with Crippen LogP contribution in [0, 0.1) is 0 Å². The first-order chi connectivity index (χ1) is 3.96. The van der Waals surface area contributed by atoms with Crippen LogP contribution in [0.25, 0.3) is 0 Å². The number of alkyl halides is 3. The zero-order valence-corrected chi connectivity index (χ0v) is 8.01. The Labute approximate surface area is 75.8 Å². The summed E-state index contributed by atoms with van der Waals surface area (Å²) in [6.45, 7) is 0. The van der Waals surface area contributed by atoms with E-state index in [4.69, 9.17) is 39.9 Å². The van der Waals surface area contributed by atoms with Gasteiger partial charge in [-0.15, -0.1) is 0 Å². The second kappa shape index (κ2) is 2.54. The highest BCUT2D eigenvalue weighted by atomic mass is 35.5. The summed E-state index contributed by atoms with van der Waals surface area (Å²) in [5.41, 5.74) is 0.